The summed E-state index contributed by atoms with van der Waals surface area (Å²) < 4.78 is 0. The average molecular weight is 212 g/mol. The molecule has 2 atom stereocenters. The standard InChI is InChI=1S/C12H24N2O/c1-3-5-6-10(4-2)12(15)14-8-7-11(13)9-14/h10-11H,3-9,13H2,1-2H3/t10-,11+/m1/s1. The van der Waals surface area contributed by atoms with Crippen molar-refractivity contribution in [3.05, 3.63) is 0 Å². The van der Waals surface area contributed by atoms with Crippen molar-refractivity contribution in [3.63, 3.8) is 0 Å². The molecule has 1 heterocycles. The van der Waals surface area contributed by atoms with Crippen LogP contribution in [-0.2, 0) is 4.79 Å². The van der Waals surface area contributed by atoms with Gasteiger partial charge in [-0.2, -0.15) is 0 Å². The van der Waals surface area contributed by atoms with E-state index in [-0.39, 0.29) is 12.0 Å². The molecule has 0 bridgehead atoms. The van der Waals surface area contributed by atoms with Crippen LogP contribution in [0.15, 0.2) is 0 Å². The third-order valence-corrected chi connectivity index (χ3v) is 3.28. The monoisotopic (exact) mass is 212 g/mol. The Morgan fingerprint density at radius 3 is 2.73 bits per heavy atom. The van der Waals surface area contributed by atoms with Gasteiger partial charge in [-0.1, -0.05) is 26.7 Å². The van der Waals surface area contributed by atoms with Gasteiger partial charge in [0.15, 0.2) is 0 Å². The SMILES string of the molecule is CCCC[C@@H](CC)C(=O)N1CC[C@H](N)C1. The molecule has 1 aliphatic heterocycles. The third kappa shape index (κ3) is 3.49. The van der Waals surface area contributed by atoms with Gasteiger partial charge < -0.3 is 10.6 Å². The van der Waals surface area contributed by atoms with Gasteiger partial charge in [-0.3, -0.25) is 4.79 Å². The minimum atomic E-state index is 0.206. The number of unbranched alkanes of at least 4 members (excludes halogenated alkanes) is 1. The van der Waals surface area contributed by atoms with E-state index in [0.717, 1.165) is 38.8 Å². The van der Waals surface area contributed by atoms with Crippen LogP contribution in [0.1, 0.15) is 46.0 Å². The van der Waals surface area contributed by atoms with Crippen LogP contribution in [-0.4, -0.2) is 29.9 Å². The zero-order valence-electron chi connectivity index (χ0n) is 10.0. The Labute approximate surface area is 93.0 Å². The van der Waals surface area contributed by atoms with Gasteiger partial charge >= 0.3 is 0 Å². The topological polar surface area (TPSA) is 46.3 Å². The molecule has 1 aliphatic rings. The molecule has 1 amide bonds. The van der Waals surface area contributed by atoms with E-state index >= 15 is 0 Å². The Bertz CT molecular complexity index is 206. The van der Waals surface area contributed by atoms with Gasteiger partial charge in [0, 0.05) is 25.0 Å². The zero-order chi connectivity index (χ0) is 11.3. The molecule has 88 valence electrons. The summed E-state index contributed by atoms with van der Waals surface area (Å²) in [6.07, 6.45) is 5.30. The number of rotatable bonds is 5. The van der Waals surface area contributed by atoms with Gasteiger partial charge in [-0.15, -0.1) is 0 Å². The number of hydrogen-bond acceptors (Lipinski definition) is 2. The molecule has 0 unspecified atom stereocenters. The summed E-state index contributed by atoms with van der Waals surface area (Å²) in [7, 11) is 0. The fourth-order valence-electron chi connectivity index (χ4n) is 2.20. The fourth-order valence-corrected chi connectivity index (χ4v) is 2.20. The number of nitrogens with zero attached hydrogens (tertiary/aromatic N) is 1. The van der Waals surface area contributed by atoms with Gasteiger partial charge in [0.05, 0.1) is 0 Å². The van der Waals surface area contributed by atoms with Gasteiger partial charge in [-0.25, -0.2) is 0 Å². The minimum Gasteiger partial charge on any atom is -0.341 e. The first-order chi connectivity index (χ1) is 7.19. The molecule has 3 heteroatoms. The number of carbonyl (C=O) groups is 1. The maximum Gasteiger partial charge on any atom is 0.225 e. The normalized spacial score (nSPS) is 23.1. The molecule has 0 spiro atoms. The Hall–Kier alpha value is -0.570. The second kappa shape index (κ2) is 6.11. The van der Waals surface area contributed by atoms with E-state index in [4.69, 9.17) is 5.73 Å². The quantitative estimate of drug-likeness (QED) is 0.755. The molecule has 0 aromatic carbocycles. The summed E-state index contributed by atoms with van der Waals surface area (Å²) in [5, 5.41) is 0. The van der Waals surface area contributed by atoms with Crippen molar-refractivity contribution >= 4 is 5.91 Å². The maximum absolute atomic E-state index is 12.1. The van der Waals surface area contributed by atoms with E-state index in [0.29, 0.717) is 5.91 Å². The molecule has 0 radical (unpaired) electrons. The van der Waals surface area contributed by atoms with Crippen LogP contribution in [0.5, 0.6) is 0 Å². The molecule has 3 nitrogen and oxygen atoms in total. The van der Waals surface area contributed by atoms with Crippen LogP contribution in [0.4, 0.5) is 0 Å². The molecule has 1 fully saturated rings. The van der Waals surface area contributed by atoms with Crippen molar-refractivity contribution in [1.82, 2.24) is 4.90 Å². The number of hydrogen-bond donors (Lipinski definition) is 1. The van der Waals surface area contributed by atoms with Crippen molar-refractivity contribution in [2.45, 2.75) is 52.0 Å². The summed E-state index contributed by atoms with van der Waals surface area (Å²) in [5.74, 6) is 0.564. The second-order valence-electron chi connectivity index (χ2n) is 4.58. The number of amides is 1. The summed E-state index contributed by atoms with van der Waals surface area (Å²) in [5.41, 5.74) is 5.81. The largest absolute Gasteiger partial charge is 0.341 e. The first kappa shape index (κ1) is 12.5. The van der Waals surface area contributed by atoms with Gasteiger partial charge in [0.1, 0.15) is 0 Å². The highest BCUT2D eigenvalue weighted by atomic mass is 16.2. The molecule has 0 saturated carbocycles. The minimum absolute atomic E-state index is 0.206. The third-order valence-electron chi connectivity index (χ3n) is 3.28. The number of carbonyl (C=O) groups excluding carboxylic acids is 1. The van der Waals surface area contributed by atoms with Crippen molar-refractivity contribution < 1.29 is 4.79 Å². The lowest BCUT2D eigenvalue weighted by Gasteiger charge is -2.22. The molecule has 15 heavy (non-hydrogen) atoms. The number of likely N-dealkylation sites (tertiary alicyclic amines) is 1. The summed E-state index contributed by atoms with van der Waals surface area (Å²) in [6, 6.07) is 0.206. The van der Waals surface area contributed by atoms with E-state index in [1.165, 1.54) is 6.42 Å². The highest BCUT2D eigenvalue weighted by Crippen LogP contribution is 2.18. The van der Waals surface area contributed by atoms with E-state index in [2.05, 4.69) is 13.8 Å². The lowest BCUT2D eigenvalue weighted by Crippen LogP contribution is -2.36. The first-order valence-corrected chi connectivity index (χ1v) is 6.23. The van der Waals surface area contributed by atoms with Crippen LogP contribution in [0.3, 0.4) is 0 Å². The molecule has 2 N–H and O–H groups in total. The Morgan fingerprint density at radius 1 is 1.53 bits per heavy atom. The van der Waals surface area contributed by atoms with Crippen molar-refractivity contribution in [1.29, 1.82) is 0 Å². The van der Waals surface area contributed by atoms with E-state index in [1.807, 2.05) is 4.90 Å². The van der Waals surface area contributed by atoms with Crippen molar-refractivity contribution in [3.8, 4) is 0 Å². The molecule has 0 aromatic rings. The van der Waals surface area contributed by atoms with Crippen molar-refractivity contribution in [2.75, 3.05) is 13.1 Å². The predicted octanol–water partition coefficient (Wildman–Crippen LogP) is 1.76. The lowest BCUT2D eigenvalue weighted by molar-refractivity contribution is -0.134. The summed E-state index contributed by atoms with van der Waals surface area (Å²) in [6.45, 7) is 5.90. The van der Waals surface area contributed by atoms with Gasteiger partial charge in [0.25, 0.3) is 0 Å². The fraction of sp³-hybridized carbons (Fsp3) is 0.917. The maximum atomic E-state index is 12.1. The van der Waals surface area contributed by atoms with Crippen LogP contribution >= 0.6 is 0 Å². The summed E-state index contributed by atoms with van der Waals surface area (Å²) in [4.78, 5) is 14.1. The Balaban J connectivity index is 2.42. The zero-order valence-corrected chi connectivity index (χ0v) is 10.0. The molecule has 0 aromatic heterocycles. The first-order valence-electron chi connectivity index (χ1n) is 6.23. The van der Waals surface area contributed by atoms with Crippen LogP contribution in [0.25, 0.3) is 0 Å². The molecule has 0 aliphatic carbocycles. The summed E-state index contributed by atoms with van der Waals surface area (Å²) >= 11 is 0. The van der Waals surface area contributed by atoms with Gasteiger partial charge in [-0.05, 0) is 19.3 Å². The van der Waals surface area contributed by atoms with Crippen LogP contribution < -0.4 is 5.73 Å². The van der Waals surface area contributed by atoms with Gasteiger partial charge in [0.2, 0.25) is 5.91 Å². The predicted molar refractivity (Wildman–Crippen MR) is 62.5 cm³/mol. The van der Waals surface area contributed by atoms with E-state index in [1.54, 1.807) is 0 Å². The van der Waals surface area contributed by atoms with E-state index in [9.17, 15) is 4.79 Å². The van der Waals surface area contributed by atoms with E-state index < -0.39 is 0 Å². The Morgan fingerprint density at radius 2 is 2.27 bits per heavy atom. The molecular weight excluding hydrogens is 188 g/mol. The molecular formula is C12H24N2O. The van der Waals surface area contributed by atoms with Crippen molar-refractivity contribution in [2.24, 2.45) is 11.7 Å². The molecule has 1 saturated heterocycles. The average Bonchev–Trinajstić information content (AvgIpc) is 2.65. The molecule has 1 rings (SSSR count). The second-order valence-corrected chi connectivity index (χ2v) is 4.58. The Kier molecular flexibility index (Phi) is 5.09. The van der Waals surface area contributed by atoms with Crippen LogP contribution in [0, 0.1) is 5.92 Å². The lowest BCUT2D eigenvalue weighted by atomic mass is 9.98. The highest BCUT2D eigenvalue weighted by molar-refractivity contribution is 5.79. The number of nitrogens with two attached hydrogens (primary N) is 1. The smallest absolute Gasteiger partial charge is 0.225 e. The highest BCUT2D eigenvalue weighted by Gasteiger charge is 2.27. The van der Waals surface area contributed by atoms with Crippen LogP contribution in [0.2, 0.25) is 0 Å².